The predicted molar refractivity (Wildman–Crippen MR) is 119 cm³/mol. The molecule has 0 aliphatic carbocycles. The number of halogens is 2. The van der Waals surface area contributed by atoms with Gasteiger partial charge < -0.3 is 10.1 Å². The van der Waals surface area contributed by atoms with E-state index in [9.17, 15) is 14.0 Å². The normalized spacial score (nSPS) is 11.0. The monoisotopic (exact) mass is 455 g/mol. The zero-order valence-corrected chi connectivity index (χ0v) is 18.1. The highest BCUT2D eigenvalue weighted by molar-refractivity contribution is 6.31. The fraction of sp³-hybridized carbons (Fsp3) is 0.182. The summed E-state index contributed by atoms with van der Waals surface area (Å²) in [5.41, 5.74) is 1.08. The van der Waals surface area contributed by atoms with Gasteiger partial charge in [-0.1, -0.05) is 11.6 Å². The van der Waals surface area contributed by atoms with Crippen molar-refractivity contribution in [1.29, 1.82) is 0 Å². The van der Waals surface area contributed by atoms with E-state index in [0.717, 1.165) is 0 Å². The van der Waals surface area contributed by atoms with E-state index in [1.807, 2.05) is 0 Å². The van der Waals surface area contributed by atoms with Gasteiger partial charge in [-0.05, 0) is 49.4 Å². The zero-order chi connectivity index (χ0) is 22.8. The van der Waals surface area contributed by atoms with Gasteiger partial charge in [-0.3, -0.25) is 14.2 Å². The van der Waals surface area contributed by atoms with Crippen molar-refractivity contribution in [2.24, 2.45) is 0 Å². The van der Waals surface area contributed by atoms with Crippen LogP contribution in [0.1, 0.15) is 12.2 Å². The molecule has 0 spiro atoms. The summed E-state index contributed by atoms with van der Waals surface area (Å²) in [6, 6.07) is 10.6. The van der Waals surface area contributed by atoms with Gasteiger partial charge in [0.2, 0.25) is 5.91 Å². The van der Waals surface area contributed by atoms with E-state index in [0.29, 0.717) is 39.0 Å². The minimum Gasteiger partial charge on any atom is -0.495 e. The minimum absolute atomic E-state index is 0.0374. The van der Waals surface area contributed by atoms with Gasteiger partial charge in [0.15, 0.2) is 5.65 Å². The summed E-state index contributed by atoms with van der Waals surface area (Å²) in [6.45, 7) is 1.81. The van der Waals surface area contributed by atoms with E-state index in [-0.39, 0.29) is 30.2 Å². The van der Waals surface area contributed by atoms with Gasteiger partial charge in [0.25, 0.3) is 5.56 Å². The van der Waals surface area contributed by atoms with Gasteiger partial charge in [-0.25, -0.2) is 14.1 Å². The maximum atomic E-state index is 13.2. The first kappa shape index (κ1) is 21.5. The number of anilines is 1. The smallest absolute Gasteiger partial charge is 0.264 e. The van der Waals surface area contributed by atoms with Crippen molar-refractivity contribution in [3.05, 3.63) is 75.7 Å². The highest BCUT2D eigenvalue weighted by Gasteiger charge is 2.16. The number of nitrogens with one attached hydrogen (secondary N) is 1. The maximum absolute atomic E-state index is 13.2. The molecule has 0 atom stereocenters. The average molecular weight is 456 g/mol. The number of carbonyl (C=O) groups excluding carboxylic acids is 1. The van der Waals surface area contributed by atoms with Gasteiger partial charge in [-0.2, -0.15) is 5.10 Å². The van der Waals surface area contributed by atoms with E-state index >= 15 is 0 Å². The number of aryl methyl sites for hydroxylation is 1. The number of hydrogen-bond donors (Lipinski definition) is 1. The van der Waals surface area contributed by atoms with Crippen LogP contribution in [0, 0.1) is 12.7 Å². The Morgan fingerprint density at radius 2 is 1.97 bits per heavy atom. The number of fused-ring (bicyclic) bond motifs is 1. The molecule has 1 amide bonds. The minimum atomic E-state index is -0.370. The molecule has 2 heterocycles. The van der Waals surface area contributed by atoms with Gasteiger partial charge in [-0.15, -0.1) is 0 Å². The lowest BCUT2D eigenvalue weighted by Gasteiger charge is -2.12. The first-order chi connectivity index (χ1) is 15.4. The molecule has 0 fully saturated rings. The van der Waals surface area contributed by atoms with E-state index in [4.69, 9.17) is 16.3 Å². The van der Waals surface area contributed by atoms with Crippen molar-refractivity contribution < 1.29 is 13.9 Å². The van der Waals surface area contributed by atoms with Crippen LogP contribution in [0.25, 0.3) is 16.7 Å². The Balaban J connectivity index is 1.56. The Bertz CT molecular complexity index is 1360. The van der Waals surface area contributed by atoms with Gasteiger partial charge in [0.05, 0.1) is 24.7 Å². The number of nitrogens with zero attached hydrogens (tertiary/aromatic N) is 4. The van der Waals surface area contributed by atoms with Gasteiger partial charge in [0, 0.05) is 18.0 Å². The Labute approximate surface area is 187 Å². The highest BCUT2D eigenvalue weighted by Crippen LogP contribution is 2.27. The number of rotatable bonds is 6. The molecule has 2 aromatic carbocycles. The molecular weight excluding hydrogens is 437 g/mol. The van der Waals surface area contributed by atoms with Crippen LogP contribution in [0.3, 0.4) is 0 Å². The zero-order valence-electron chi connectivity index (χ0n) is 17.3. The maximum Gasteiger partial charge on any atom is 0.264 e. The second kappa shape index (κ2) is 8.80. The number of benzene rings is 2. The summed E-state index contributed by atoms with van der Waals surface area (Å²) in [6.07, 6.45) is 1.45. The third-order valence-corrected chi connectivity index (χ3v) is 5.18. The quantitative estimate of drug-likeness (QED) is 0.478. The number of ether oxygens (including phenoxy) is 1. The third kappa shape index (κ3) is 4.19. The number of methoxy groups -OCH3 is 1. The third-order valence-electron chi connectivity index (χ3n) is 4.95. The van der Waals surface area contributed by atoms with E-state index in [1.54, 1.807) is 37.3 Å². The van der Waals surface area contributed by atoms with Crippen LogP contribution < -0.4 is 15.6 Å². The lowest BCUT2D eigenvalue weighted by Crippen LogP contribution is -2.26. The summed E-state index contributed by atoms with van der Waals surface area (Å²) in [4.78, 5) is 30.0. The fourth-order valence-corrected chi connectivity index (χ4v) is 3.52. The van der Waals surface area contributed by atoms with Crippen molar-refractivity contribution in [3.63, 3.8) is 0 Å². The van der Waals surface area contributed by atoms with Crippen LogP contribution in [0.5, 0.6) is 5.75 Å². The van der Waals surface area contributed by atoms with Crippen LogP contribution in [0.15, 0.2) is 53.5 Å². The van der Waals surface area contributed by atoms with E-state index in [1.165, 1.54) is 34.7 Å². The molecule has 0 aliphatic heterocycles. The van der Waals surface area contributed by atoms with E-state index in [2.05, 4.69) is 15.4 Å². The first-order valence-corrected chi connectivity index (χ1v) is 10.1. The SMILES string of the molecule is COc1ccc(Cl)cc1NC(=O)CCn1c(C)nc2c(cnn2-c2ccc(F)cc2)c1=O. The van der Waals surface area contributed by atoms with Crippen molar-refractivity contribution in [1.82, 2.24) is 19.3 Å². The number of hydrogen-bond acceptors (Lipinski definition) is 5. The summed E-state index contributed by atoms with van der Waals surface area (Å²) in [5.74, 6) is 0.233. The van der Waals surface area contributed by atoms with Crippen LogP contribution in [0.4, 0.5) is 10.1 Å². The van der Waals surface area contributed by atoms with Crippen LogP contribution in [0.2, 0.25) is 5.02 Å². The summed E-state index contributed by atoms with van der Waals surface area (Å²) >= 11 is 5.99. The van der Waals surface area contributed by atoms with Gasteiger partial charge >= 0.3 is 0 Å². The van der Waals surface area contributed by atoms with Crippen LogP contribution in [-0.2, 0) is 11.3 Å². The molecule has 0 saturated carbocycles. The number of carbonyl (C=O) groups is 1. The largest absolute Gasteiger partial charge is 0.495 e. The Hall–Kier alpha value is -3.72. The van der Waals surface area contributed by atoms with Crippen molar-refractivity contribution in [2.45, 2.75) is 19.9 Å². The van der Waals surface area contributed by atoms with E-state index < -0.39 is 0 Å². The molecule has 8 nitrogen and oxygen atoms in total. The molecule has 2 aromatic heterocycles. The summed E-state index contributed by atoms with van der Waals surface area (Å²) in [7, 11) is 1.49. The Kier molecular flexibility index (Phi) is 5.91. The first-order valence-electron chi connectivity index (χ1n) is 9.72. The molecule has 0 bridgehead atoms. The van der Waals surface area contributed by atoms with Crippen molar-refractivity contribution in [2.75, 3.05) is 12.4 Å². The second-order valence-electron chi connectivity index (χ2n) is 7.03. The van der Waals surface area contributed by atoms with Crippen molar-refractivity contribution >= 4 is 34.2 Å². The molecule has 0 unspecified atom stereocenters. The molecule has 1 N–H and O–H groups in total. The molecular formula is C22H19ClFN5O3. The average Bonchev–Trinajstić information content (AvgIpc) is 3.18. The lowest BCUT2D eigenvalue weighted by atomic mass is 10.2. The standard InChI is InChI=1S/C22H19ClFN5O3/c1-13-26-21-17(12-25-29(21)16-6-4-15(24)5-7-16)22(31)28(13)10-9-20(30)27-18-11-14(23)3-8-19(18)32-2/h3-8,11-12H,9-10H2,1-2H3,(H,27,30). The van der Waals surface area contributed by atoms with Crippen LogP contribution in [-0.4, -0.2) is 32.3 Å². The number of amides is 1. The molecule has 10 heteroatoms. The molecule has 0 aliphatic rings. The lowest BCUT2D eigenvalue weighted by molar-refractivity contribution is -0.116. The second-order valence-corrected chi connectivity index (χ2v) is 7.47. The molecule has 0 saturated heterocycles. The predicted octanol–water partition coefficient (Wildman–Crippen LogP) is 3.72. The fourth-order valence-electron chi connectivity index (χ4n) is 3.34. The van der Waals surface area contributed by atoms with Crippen molar-refractivity contribution in [3.8, 4) is 11.4 Å². The van der Waals surface area contributed by atoms with Crippen LogP contribution >= 0.6 is 11.6 Å². The Morgan fingerprint density at radius 1 is 1.22 bits per heavy atom. The highest BCUT2D eigenvalue weighted by atomic mass is 35.5. The molecule has 0 radical (unpaired) electrons. The van der Waals surface area contributed by atoms with Gasteiger partial charge in [0.1, 0.15) is 22.8 Å². The molecule has 32 heavy (non-hydrogen) atoms. The molecule has 4 aromatic rings. The topological polar surface area (TPSA) is 91.0 Å². The molecule has 164 valence electrons. The number of aromatic nitrogens is 4. The summed E-state index contributed by atoms with van der Waals surface area (Å²) < 4.78 is 21.4. The molecule has 4 rings (SSSR count). The summed E-state index contributed by atoms with van der Waals surface area (Å²) in [5, 5.41) is 7.74. The Morgan fingerprint density at radius 3 is 2.69 bits per heavy atom.